The van der Waals surface area contributed by atoms with Crippen molar-refractivity contribution >= 4 is 16.9 Å². The highest BCUT2D eigenvalue weighted by atomic mass is 16.5. The number of fused-ring (bicyclic) bond motifs is 1. The first-order valence-electron chi connectivity index (χ1n) is 14.7. The fourth-order valence-electron chi connectivity index (χ4n) is 5.23. The molecule has 5 aromatic rings. The molecule has 1 N–H and O–H groups in total. The molecule has 0 saturated heterocycles. The molecule has 0 aliphatic heterocycles. The molecule has 1 amide bonds. The molecule has 0 spiro atoms. The number of carbonyl (C=O) groups excluding carboxylic acids is 1. The first-order valence-corrected chi connectivity index (χ1v) is 14.7. The van der Waals surface area contributed by atoms with Crippen LogP contribution in [0.15, 0.2) is 103 Å². The van der Waals surface area contributed by atoms with E-state index in [9.17, 15) is 4.79 Å². The third-order valence-corrected chi connectivity index (χ3v) is 7.38. The van der Waals surface area contributed by atoms with Gasteiger partial charge in [0.25, 0.3) is 0 Å². The van der Waals surface area contributed by atoms with Gasteiger partial charge in [-0.05, 0) is 59.2 Å². The van der Waals surface area contributed by atoms with Gasteiger partial charge >= 0.3 is 0 Å². The van der Waals surface area contributed by atoms with Crippen LogP contribution in [0, 0.1) is 0 Å². The summed E-state index contributed by atoms with van der Waals surface area (Å²) in [5.74, 6) is 2.50. The van der Waals surface area contributed by atoms with Crippen molar-refractivity contribution in [3.05, 3.63) is 120 Å². The van der Waals surface area contributed by atoms with E-state index in [2.05, 4.69) is 84.4 Å². The van der Waals surface area contributed by atoms with Crippen molar-refractivity contribution in [3.8, 4) is 16.9 Å². The first kappa shape index (κ1) is 28.2. The van der Waals surface area contributed by atoms with E-state index >= 15 is 0 Å². The van der Waals surface area contributed by atoms with Gasteiger partial charge in [0.05, 0.1) is 24.1 Å². The Morgan fingerprint density at radius 3 is 2.34 bits per heavy atom. The maximum Gasteiger partial charge on any atom is 0.224 e. The maximum atomic E-state index is 12.6. The summed E-state index contributed by atoms with van der Waals surface area (Å²) in [5, 5.41) is 3.09. The number of amides is 1. The van der Waals surface area contributed by atoms with Crippen LogP contribution < -0.4 is 10.1 Å². The summed E-state index contributed by atoms with van der Waals surface area (Å²) < 4.78 is 8.48. The lowest BCUT2D eigenvalue weighted by Gasteiger charge is -2.14. The van der Waals surface area contributed by atoms with Crippen LogP contribution in [0.3, 0.4) is 0 Å². The summed E-state index contributed by atoms with van der Waals surface area (Å²) in [6.07, 6.45) is 2.91. The van der Waals surface area contributed by atoms with Gasteiger partial charge < -0.3 is 14.6 Å². The molecule has 5 nitrogen and oxygen atoms in total. The van der Waals surface area contributed by atoms with Crippen LogP contribution in [-0.4, -0.2) is 28.6 Å². The molecular formula is C36H39N3O2. The number of hydrogen-bond acceptors (Lipinski definition) is 3. The Kier molecular flexibility index (Phi) is 9.48. The summed E-state index contributed by atoms with van der Waals surface area (Å²) in [4.78, 5) is 17.5. The number of rotatable bonds is 13. The minimum absolute atomic E-state index is 0.0461. The highest BCUT2D eigenvalue weighted by Crippen LogP contribution is 2.26. The molecule has 0 fully saturated rings. The third kappa shape index (κ3) is 7.43. The summed E-state index contributed by atoms with van der Waals surface area (Å²) in [6, 6.07) is 35.1. The standard InChI is InChI=1S/C36H39N3O2/c1-27(2)31-14-6-9-17-34(31)41-25-11-24-39-33-16-8-7-15-32(33)38-35(39)18-10-23-37-36(40)26-28-19-21-30(22-20-28)29-12-4-3-5-13-29/h3-9,12-17,19-22,27H,10-11,18,23-26H2,1-2H3,(H,37,40). The highest BCUT2D eigenvalue weighted by Gasteiger charge is 2.12. The van der Waals surface area contributed by atoms with Gasteiger partial charge in [-0.2, -0.15) is 0 Å². The van der Waals surface area contributed by atoms with E-state index in [1.165, 1.54) is 11.1 Å². The van der Waals surface area contributed by atoms with Crippen molar-refractivity contribution in [2.75, 3.05) is 13.2 Å². The molecule has 0 saturated carbocycles. The fraction of sp³-hybridized carbons (Fsp3) is 0.278. The molecule has 0 aliphatic carbocycles. The van der Waals surface area contributed by atoms with Crippen LogP contribution in [0.25, 0.3) is 22.2 Å². The van der Waals surface area contributed by atoms with E-state index in [4.69, 9.17) is 9.72 Å². The minimum atomic E-state index is 0.0461. The number of benzene rings is 4. The molecule has 0 unspecified atom stereocenters. The van der Waals surface area contributed by atoms with Crippen LogP contribution in [-0.2, 0) is 24.2 Å². The number of nitrogens with one attached hydrogen (secondary N) is 1. The number of aromatic nitrogens is 2. The normalized spacial score (nSPS) is 11.2. The topological polar surface area (TPSA) is 56.1 Å². The van der Waals surface area contributed by atoms with Crippen molar-refractivity contribution in [2.45, 2.75) is 52.0 Å². The van der Waals surface area contributed by atoms with Gasteiger partial charge in [0.1, 0.15) is 11.6 Å². The Hall–Kier alpha value is -4.38. The molecule has 0 atom stereocenters. The van der Waals surface area contributed by atoms with Crippen LogP contribution in [0.4, 0.5) is 0 Å². The number of hydrogen-bond donors (Lipinski definition) is 1. The van der Waals surface area contributed by atoms with E-state index < -0.39 is 0 Å². The Morgan fingerprint density at radius 1 is 0.829 bits per heavy atom. The molecule has 5 rings (SSSR count). The van der Waals surface area contributed by atoms with Gasteiger partial charge in [-0.25, -0.2) is 4.98 Å². The first-order chi connectivity index (χ1) is 20.1. The molecule has 0 aliphatic rings. The molecule has 0 radical (unpaired) electrons. The lowest BCUT2D eigenvalue weighted by atomic mass is 10.0. The molecule has 1 aromatic heterocycles. The van der Waals surface area contributed by atoms with Gasteiger partial charge in [0.15, 0.2) is 0 Å². The smallest absolute Gasteiger partial charge is 0.224 e. The predicted molar refractivity (Wildman–Crippen MR) is 167 cm³/mol. The van der Waals surface area contributed by atoms with Crippen molar-refractivity contribution < 1.29 is 9.53 Å². The molecule has 0 bridgehead atoms. The van der Waals surface area contributed by atoms with Gasteiger partial charge in [-0.1, -0.05) is 98.8 Å². The lowest BCUT2D eigenvalue weighted by Crippen LogP contribution is -2.26. The van der Waals surface area contributed by atoms with Gasteiger partial charge in [0, 0.05) is 19.5 Å². The van der Waals surface area contributed by atoms with E-state index in [0.29, 0.717) is 25.5 Å². The molecular weight excluding hydrogens is 506 g/mol. The summed E-state index contributed by atoms with van der Waals surface area (Å²) in [5.41, 5.74) is 6.75. The monoisotopic (exact) mass is 545 g/mol. The number of carbonyl (C=O) groups is 1. The number of para-hydroxylation sites is 3. The zero-order valence-corrected chi connectivity index (χ0v) is 24.1. The van der Waals surface area contributed by atoms with Gasteiger partial charge in [0.2, 0.25) is 5.91 Å². The summed E-state index contributed by atoms with van der Waals surface area (Å²) in [6.45, 7) is 6.50. The zero-order valence-electron chi connectivity index (χ0n) is 24.1. The van der Waals surface area contributed by atoms with Gasteiger partial charge in [-0.15, -0.1) is 0 Å². The van der Waals surface area contributed by atoms with E-state index in [1.54, 1.807) is 0 Å². The average Bonchev–Trinajstić information content (AvgIpc) is 3.35. The Balaban J connectivity index is 1.11. The van der Waals surface area contributed by atoms with E-state index in [1.807, 2.05) is 42.5 Å². The number of imidazole rings is 1. The van der Waals surface area contributed by atoms with Gasteiger partial charge in [-0.3, -0.25) is 4.79 Å². The third-order valence-electron chi connectivity index (χ3n) is 7.38. The second kappa shape index (κ2) is 13.8. The summed E-state index contributed by atoms with van der Waals surface area (Å²) >= 11 is 0. The number of nitrogens with zero attached hydrogens (tertiary/aromatic N) is 2. The zero-order chi connectivity index (χ0) is 28.4. The molecule has 41 heavy (non-hydrogen) atoms. The van der Waals surface area contributed by atoms with Crippen molar-refractivity contribution in [2.24, 2.45) is 0 Å². The SMILES string of the molecule is CC(C)c1ccccc1OCCCn1c(CCCNC(=O)Cc2ccc(-c3ccccc3)cc2)nc2ccccc21. The number of ether oxygens (including phenoxy) is 1. The molecule has 4 aromatic carbocycles. The molecule has 210 valence electrons. The minimum Gasteiger partial charge on any atom is -0.493 e. The van der Waals surface area contributed by atoms with E-state index in [-0.39, 0.29) is 5.91 Å². The molecule has 1 heterocycles. The number of aryl methyl sites for hydroxylation is 2. The highest BCUT2D eigenvalue weighted by molar-refractivity contribution is 5.79. The fourth-order valence-corrected chi connectivity index (χ4v) is 5.23. The Labute approximate surface area is 243 Å². The largest absolute Gasteiger partial charge is 0.493 e. The van der Waals surface area contributed by atoms with Crippen molar-refractivity contribution in [1.82, 2.24) is 14.9 Å². The Bertz CT molecular complexity index is 1560. The lowest BCUT2D eigenvalue weighted by molar-refractivity contribution is -0.120. The second-order valence-corrected chi connectivity index (χ2v) is 10.8. The van der Waals surface area contributed by atoms with Crippen molar-refractivity contribution in [1.29, 1.82) is 0 Å². The van der Waals surface area contributed by atoms with Crippen LogP contribution in [0.5, 0.6) is 5.75 Å². The average molecular weight is 546 g/mol. The maximum absolute atomic E-state index is 12.6. The van der Waals surface area contributed by atoms with Crippen LogP contribution in [0.2, 0.25) is 0 Å². The quantitative estimate of drug-likeness (QED) is 0.155. The molecule has 5 heteroatoms. The predicted octanol–water partition coefficient (Wildman–Crippen LogP) is 7.59. The summed E-state index contributed by atoms with van der Waals surface area (Å²) in [7, 11) is 0. The van der Waals surface area contributed by atoms with Crippen LogP contribution >= 0.6 is 0 Å². The van der Waals surface area contributed by atoms with Crippen molar-refractivity contribution in [3.63, 3.8) is 0 Å². The van der Waals surface area contributed by atoms with E-state index in [0.717, 1.165) is 59.5 Å². The Morgan fingerprint density at radius 2 is 1.54 bits per heavy atom. The van der Waals surface area contributed by atoms with Crippen LogP contribution in [0.1, 0.15) is 49.6 Å². The second-order valence-electron chi connectivity index (χ2n) is 10.8.